The zero-order valence-corrected chi connectivity index (χ0v) is 13.7. The third-order valence-corrected chi connectivity index (χ3v) is 4.66. The van der Waals surface area contributed by atoms with Crippen LogP contribution in [0.3, 0.4) is 0 Å². The number of nitrogens with one attached hydrogen (secondary N) is 2. The number of hydrogen-bond acceptors (Lipinski definition) is 3. The van der Waals surface area contributed by atoms with Crippen LogP contribution in [0.5, 0.6) is 0 Å². The van der Waals surface area contributed by atoms with Crippen LogP contribution in [0.2, 0.25) is 0 Å². The fraction of sp³-hybridized carbons (Fsp3) is 0.188. The topological polar surface area (TPSA) is 75.3 Å². The molecule has 0 aliphatic rings. The summed E-state index contributed by atoms with van der Waals surface area (Å²) in [6.45, 7) is -0.115. The van der Waals surface area contributed by atoms with Crippen molar-refractivity contribution < 1.29 is 26.4 Å². The van der Waals surface area contributed by atoms with Gasteiger partial charge in [-0.05, 0) is 36.8 Å². The summed E-state index contributed by atoms with van der Waals surface area (Å²) in [7, 11) is -4.14. The summed E-state index contributed by atoms with van der Waals surface area (Å²) in [6, 6.07) is 7.48. The van der Waals surface area contributed by atoms with Crippen molar-refractivity contribution >= 4 is 21.6 Å². The molecule has 0 unspecified atom stereocenters. The Balaban J connectivity index is 1.82. The molecule has 0 heterocycles. The largest absolute Gasteiger partial charge is 0.326 e. The summed E-state index contributed by atoms with van der Waals surface area (Å²) in [6.07, 6.45) is 0.119. The molecular formula is C16H15F3N2O3S. The lowest BCUT2D eigenvalue weighted by atomic mass is 10.2. The summed E-state index contributed by atoms with van der Waals surface area (Å²) in [5, 5.41) is 2.47. The van der Waals surface area contributed by atoms with Gasteiger partial charge in [0.25, 0.3) is 0 Å². The Morgan fingerprint density at radius 3 is 2.40 bits per heavy atom. The zero-order chi connectivity index (χ0) is 18.4. The smallest absolute Gasteiger partial charge is 0.243 e. The van der Waals surface area contributed by atoms with Crippen molar-refractivity contribution in [3.63, 3.8) is 0 Å². The number of carbonyl (C=O) groups is 1. The number of halogens is 3. The van der Waals surface area contributed by atoms with Gasteiger partial charge >= 0.3 is 0 Å². The third-order valence-electron chi connectivity index (χ3n) is 3.16. The second kappa shape index (κ2) is 8.13. The van der Waals surface area contributed by atoms with E-state index in [9.17, 15) is 26.4 Å². The number of sulfonamides is 1. The molecule has 2 N–H and O–H groups in total. The van der Waals surface area contributed by atoms with Crippen LogP contribution >= 0.6 is 0 Å². The van der Waals surface area contributed by atoms with E-state index in [0.717, 1.165) is 18.2 Å². The van der Waals surface area contributed by atoms with E-state index in [0.29, 0.717) is 11.8 Å². The molecule has 0 aliphatic heterocycles. The molecule has 2 rings (SSSR count). The van der Waals surface area contributed by atoms with Gasteiger partial charge in [0.15, 0.2) is 0 Å². The fourth-order valence-corrected chi connectivity index (χ4v) is 3.15. The summed E-state index contributed by atoms with van der Waals surface area (Å²) in [5.41, 5.74) is 0.291. The van der Waals surface area contributed by atoms with Crippen molar-refractivity contribution in [2.75, 3.05) is 11.9 Å². The number of anilines is 1. The molecule has 0 aromatic heterocycles. The normalized spacial score (nSPS) is 11.3. The maximum Gasteiger partial charge on any atom is 0.243 e. The van der Waals surface area contributed by atoms with Crippen LogP contribution in [0.15, 0.2) is 47.4 Å². The number of benzene rings is 2. The molecule has 9 heteroatoms. The van der Waals surface area contributed by atoms with Crippen molar-refractivity contribution in [2.45, 2.75) is 17.7 Å². The van der Waals surface area contributed by atoms with E-state index in [1.165, 1.54) is 18.2 Å². The number of rotatable bonds is 7. The SMILES string of the molecule is O=C(CCCNS(=O)(=O)c1ccc(F)cc1F)Nc1cccc(F)c1. The fourth-order valence-electron chi connectivity index (χ4n) is 2.02. The molecule has 0 fully saturated rings. The van der Waals surface area contributed by atoms with Crippen LogP contribution in [0.1, 0.15) is 12.8 Å². The van der Waals surface area contributed by atoms with Crippen LogP contribution in [0, 0.1) is 17.5 Å². The van der Waals surface area contributed by atoms with Crippen molar-refractivity contribution in [1.29, 1.82) is 0 Å². The van der Waals surface area contributed by atoms with Gasteiger partial charge in [0.05, 0.1) is 0 Å². The first-order chi connectivity index (χ1) is 11.8. The lowest BCUT2D eigenvalue weighted by Crippen LogP contribution is -2.26. The lowest BCUT2D eigenvalue weighted by molar-refractivity contribution is -0.116. The van der Waals surface area contributed by atoms with E-state index in [2.05, 4.69) is 10.0 Å². The van der Waals surface area contributed by atoms with Gasteiger partial charge in [-0.25, -0.2) is 26.3 Å². The Kier molecular flexibility index (Phi) is 6.16. The molecule has 0 saturated heterocycles. The van der Waals surface area contributed by atoms with E-state index in [1.54, 1.807) is 0 Å². The van der Waals surface area contributed by atoms with Crippen molar-refractivity contribution in [2.24, 2.45) is 0 Å². The van der Waals surface area contributed by atoms with Crippen LogP contribution in [0.25, 0.3) is 0 Å². The van der Waals surface area contributed by atoms with E-state index >= 15 is 0 Å². The standard InChI is InChI=1S/C16H15F3N2O3S/c17-11-3-1-4-13(9-11)21-16(22)5-2-8-20-25(23,24)15-7-6-12(18)10-14(15)19/h1,3-4,6-7,9-10,20H,2,5,8H2,(H,21,22). The maximum absolute atomic E-state index is 13.5. The van der Waals surface area contributed by atoms with Crippen LogP contribution in [0.4, 0.5) is 18.9 Å². The first-order valence-corrected chi connectivity index (χ1v) is 8.76. The Bertz CT molecular complexity index is 873. The summed E-state index contributed by atoms with van der Waals surface area (Å²) in [4.78, 5) is 11.0. The van der Waals surface area contributed by atoms with Gasteiger partial charge in [-0.15, -0.1) is 0 Å². The zero-order valence-electron chi connectivity index (χ0n) is 12.9. The molecule has 0 radical (unpaired) electrons. The molecule has 25 heavy (non-hydrogen) atoms. The molecule has 0 saturated carbocycles. The van der Waals surface area contributed by atoms with Crippen molar-refractivity contribution in [1.82, 2.24) is 4.72 Å². The molecule has 0 spiro atoms. The molecule has 0 bridgehead atoms. The molecule has 5 nitrogen and oxygen atoms in total. The van der Waals surface area contributed by atoms with Gasteiger partial charge in [0, 0.05) is 24.7 Å². The summed E-state index contributed by atoms with van der Waals surface area (Å²) in [5.74, 6) is -2.99. The molecule has 2 aromatic carbocycles. The first kappa shape index (κ1) is 18.9. The highest BCUT2D eigenvalue weighted by Gasteiger charge is 2.19. The Morgan fingerprint density at radius 1 is 1.00 bits per heavy atom. The van der Waals surface area contributed by atoms with Crippen LogP contribution in [-0.2, 0) is 14.8 Å². The van der Waals surface area contributed by atoms with Crippen LogP contribution in [-0.4, -0.2) is 20.9 Å². The Labute approximate surface area is 142 Å². The van der Waals surface area contributed by atoms with E-state index in [1.807, 2.05) is 0 Å². The van der Waals surface area contributed by atoms with E-state index in [-0.39, 0.29) is 19.4 Å². The van der Waals surface area contributed by atoms with Gasteiger partial charge in [0.1, 0.15) is 22.3 Å². The minimum absolute atomic E-state index is 0.0229. The molecule has 2 aromatic rings. The van der Waals surface area contributed by atoms with E-state index < -0.39 is 38.3 Å². The summed E-state index contributed by atoms with van der Waals surface area (Å²) >= 11 is 0. The maximum atomic E-state index is 13.5. The monoisotopic (exact) mass is 372 g/mol. The van der Waals surface area contributed by atoms with Gasteiger partial charge in [-0.2, -0.15) is 0 Å². The van der Waals surface area contributed by atoms with Crippen molar-refractivity contribution in [3.05, 3.63) is 59.9 Å². The quantitative estimate of drug-likeness (QED) is 0.734. The van der Waals surface area contributed by atoms with Crippen LogP contribution < -0.4 is 10.0 Å². The number of carbonyl (C=O) groups excluding carboxylic acids is 1. The average Bonchev–Trinajstić information content (AvgIpc) is 2.51. The Hall–Kier alpha value is -2.39. The number of amides is 1. The molecular weight excluding hydrogens is 357 g/mol. The average molecular weight is 372 g/mol. The van der Waals surface area contributed by atoms with Crippen molar-refractivity contribution in [3.8, 4) is 0 Å². The minimum atomic E-state index is -4.14. The molecule has 0 aliphatic carbocycles. The highest BCUT2D eigenvalue weighted by atomic mass is 32.2. The highest BCUT2D eigenvalue weighted by Crippen LogP contribution is 2.15. The lowest BCUT2D eigenvalue weighted by Gasteiger charge is -2.08. The minimum Gasteiger partial charge on any atom is -0.326 e. The predicted molar refractivity (Wildman–Crippen MR) is 85.8 cm³/mol. The Morgan fingerprint density at radius 2 is 1.72 bits per heavy atom. The van der Waals surface area contributed by atoms with Gasteiger partial charge < -0.3 is 5.32 Å². The van der Waals surface area contributed by atoms with E-state index in [4.69, 9.17) is 0 Å². The van der Waals surface area contributed by atoms with Gasteiger partial charge in [-0.1, -0.05) is 6.07 Å². The van der Waals surface area contributed by atoms with Gasteiger partial charge in [0.2, 0.25) is 15.9 Å². The number of hydrogen-bond donors (Lipinski definition) is 2. The predicted octanol–water partition coefficient (Wildman–Crippen LogP) is 2.80. The first-order valence-electron chi connectivity index (χ1n) is 7.28. The second-order valence-electron chi connectivity index (χ2n) is 5.13. The molecule has 134 valence electrons. The highest BCUT2D eigenvalue weighted by molar-refractivity contribution is 7.89. The molecule has 1 amide bonds. The third kappa shape index (κ3) is 5.57. The molecule has 0 atom stereocenters. The van der Waals surface area contributed by atoms with Gasteiger partial charge in [-0.3, -0.25) is 4.79 Å². The second-order valence-corrected chi connectivity index (χ2v) is 6.87. The summed E-state index contributed by atoms with van der Waals surface area (Å²) < 4.78 is 65.3.